The topological polar surface area (TPSA) is 67.4 Å². The molecule has 6 nitrogen and oxygen atoms in total. The second kappa shape index (κ2) is 10.1. The van der Waals surface area contributed by atoms with Crippen molar-refractivity contribution in [1.82, 2.24) is 15.3 Å². The SMILES string of the molecule is CCCN(CCC)c1nc(C)cc(C(=O)NCCCOC)n1. The third kappa shape index (κ3) is 5.97. The first kappa shape index (κ1) is 18.4. The Bertz CT molecular complexity index is 459. The summed E-state index contributed by atoms with van der Waals surface area (Å²) in [6, 6.07) is 1.73. The summed E-state index contributed by atoms with van der Waals surface area (Å²) in [4.78, 5) is 23.2. The number of nitrogens with one attached hydrogen (secondary N) is 1. The zero-order valence-corrected chi connectivity index (χ0v) is 14.2. The van der Waals surface area contributed by atoms with Gasteiger partial charge in [0.2, 0.25) is 5.95 Å². The van der Waals surface area contributed by atoms with Crippen molar-refractivity contribution in [2.24, 2.45) is 0 Å². The Balaban J connectivity index is 2.81. The van der Waals surface area contributed by atoms with Crippen LogP contribution in [0, 0.1) is 6.92 Å². The molecule has 0 radical (unpaired) electrons. The van der Waals surface area contributed by atoms with Crippen molar-refractivity contribution < 1.29 is 9.53 Å². The van der Waals surface area contributed by atoms with Crippen LogP contribution < -0.4 is 10.2 Å². The number of carbonyl (C=O) groups is 1. The summed E-state index contributed by atoms with van der Waals surface area (Å²) >= 11 is 0. The molecule has 1 N–H and O–H groups in total. The lowest BCUT2D eigenvalue weighted by atomic mass is 10.3. The third-order valence-corrected chi connectivity index (χ3v) is 3.16. The van der Waals surface area contributed by atoms with Crippen LogP contribution in [0.2, 0.25) is 0 Å². The first-order valence-electron chi connectivity index (χ1n) is 8.00. The van der Waals surface area contributed by atoms with E-state index >= 15 is 0 Å². The zero-order chi connectivity index (χ0) is 16.4. The van der Waals surface area contributed by atoms with Gasteiger partial charge in [-0.1, -0.05) is 13.8 Å². The van der Waals surface area contributed by atoms with E-state index in [9.17, 15) is 4.79 Å². The molecule has 0 saturated carbocycles. The average molecular weight is 308 g/mol. The molecule has 0 aromatic carbocycles. The van der Waals surface area contributed by atoms with Gasteiger partial charge in [-0.15, -0.1) is 0 Å². The van der Waals surface area contributed by atoms with Crippen LogP contribution in [-0.4, -0.2) is 49.2 Å². The van der Waals surface area contributed by atoms with Crippen LogP contribution in [0.3, 0.4) is 0 Å². The lowest BCUT2D eigenvalue weighted by molar-refractivity contribution is 0.0943. The quantitative estimate of drug-likeness (QED) is 0.671. The summed E-state index contributed by atoms with van der Waals surface area (Å²) in [5.74, 6) is 0.488. The maximum Gasteiger partial charge on any atom is 0.270 e. The van der Waals surface area contributed by atoms with E-state index in [2.05, 4.69) is 34.0 Å². The number of aromatic nitrogens is 2. The maximum atomic E-state index is 12.2. The van der Waals surface area contributed by atoms with Crippen molar-refractivity contribution in [1.29, 1.82) is 0 Å². The van der Waals surface area contributed by atoms with Crippen LogP contribution in [-0.2, 0) is 4.74 Å². The minimum atomic E-state index is -0.157. The second-order valence-corrected chi connectivity index (χ2v) is 5.28. The molecule has 0 aliphatic carbocycles. The molecule has 0 bridgehead atoms. The molecule has 1 rings (SSSR count). The molecule has 0 unspecified atom stereocenters. The van der Waals surface area contributed by atoms with Gasteiger partial charge in [0.05, 0.1) is 0 Å². The molecule has 1 aromatic rings. The van der Waals surface area contributed by atoms with E-state index in [-0.39, 0.29) is 5.91 Å². The molecular weight excluding hydrogens is 280 g/mol. The van der Waals surface area contributed by atoms with Gasteiger partial charge in [0.15, 0.2) is 0 Å². The predicted octanol–water partition coefficient (Wildman–Crippen LogP) is 2.18. The molecule has 124 valence electrons. The van der Waals surface area contributed by atoms with Gasteiger partial charge in [-0.05, 0) is 32.3 Å². The van der Waals surface area contributed by atoms with Crippen LogP contribution in [0.25, 0.3) is 0 Å². The summed E-state index contributed by atoms with van der Waals surface area (Å²) in [7, 11) is 1.65. The van der Waals surface area contributed by atoms with E-state index in [0.29, 0.717) is 24.8 Å². The number of hydrogen-bond donors (Lipinski definition) is 1. The molecule has 1 heterocycles. The van der Waals surface area contributed by atoms with E-state index in [1.54, 1.807) is 13.2 Å². The van der Waals surface area contributed by atoms with Crippen LogP contribution in [0.1, 0.15) is 49.3 Å². The van der Waals surface area contributed by atoms with Crippen molar-refractivity contribution in [3.05, 3.63) is 17.5 Å². The molecule has 0 spiro atoms. The minimum Gasteiger partial charge on any atom is -0.385 e. The minimum absolute atomic E-state index is 0.157. The Morgan fingerprint density at radius 1 is 1.27 bits per heavy atom. The second-order valence-electron chi connectivity index (χ2n) is 5.28. The van der Waals surface area contributed by atoms with E-state index in [1.165, 1.54) is 0 Å². The van der Waals surface area contributed by atoms with E-state index in [0.717, 1.165) is 38.0 Å². The summed E-state index contributed by atoms with van der Waals surface area (Å²) in [6.07, 6.45) is 2.84. The van der Waals surface area contributed by atoms with E-state index < -0.39 is 0 Å². The zero-order valence-electron chi connectivity index (χ0n) is 14.2. The van der Waals surface area contributed by atoms with Crippen molar-refractivity contribution >= 4 is 11.9 Å². The molecule has 0 fully saturated rings. The third-order valence-electron chi connectivity index (χ3n) is 3.16. The van der Waals surface area contributed by atoms with Gasteiger partial charge >= 0.3 is 0 Å². The Labute approximate surface area is 133 Å². The Morgan fingerprint density at radius 3 is 2.55 bits per heavy atom. The van der Waals surface area contributed by atoms with Gasteiger partial charge in [-0.25, -0.2) is 9.97 Å². The first-order valence-corrected chi connectivity index (χ1v) is 8.00. The average Bonchev–Trinajstić information content (AvgIpc) is 2.50. The van der Waals surface area contributed by atoms with Crippen LogP contribution in [0.5, 0.6) is 0 Å². The number of ether oxygens (including phenoxy) is 1. The summed E-state index contributed by atoms with van der Waals surface area (Å²) in [6.45, 7) is 9.15. The Hall–Kier alpha value is -1.69. The summed E-state index contributed by atoms with van der Waals surface area (Å²) in [5, 5.41) is 2.86. The molecule has 6 heteroatoms. The summed E-state index contributed by atoms with van der Waals surface area (Å²) < 4.78 is 4.97. The molecule has 22 heavy (non-hydrogen) atoms. The lowest BCUT2D eigenvalue weighted by Gasteiger charge is -2.22. The lowest BCUT2D eigenvalue weighted by Crippen LogP contribution is -2.30. The van der Waals surface area contributed by atoms with Crippen LogP contribution in [0.4, 0.5) is 5.95 Å². The van der Waals surface area contributed by atoms with E-state index in [4.69, 9.17) is 4.74 Å². The number of carbonyl (C=O) groups excluding carboxylic acids is 1. The number of methoxy groups -OCH3 is 1. The van der Waals surface area contributed by atoms with Crippen molar-refractivity contribution in [3.63, 3.8) is 0 Å². The molecule has 1 aromatic heterocycles. The molecular formula is C16H28N4O2. The van der Waals surface area contributed by atoms with Gasteiger partial charge in [0.1, 0.15) is 5.69 Å². The molecule has 0 atom stereocenters. The fourth-order valence-corrected chi connectivity index (χ4v) is 2.17. The first-order chi connectivity index (χ1) is 10.6. The number of anilines is 1. The highest BCUT2D eigenvalue weighted by atomic mass is 16.5. The molecule has 0 aliphatic heterocycles. The van der Waals surface area contributed by atoms with Gasteiger partial charge in [0.25, 0.3) is 5.91 Å². The fraction of sp³-hybridized carbons (Fsp3) is 0.688. The van der Waals surface area contributed by atoms with Gasteiger partial charge in [-0.2, -0.15) is 0 Å². The monoisotopic (exact) mass is 308 g/mol. The smallest absolute Gasteiger partial charge is 0.270 e. The van der Waals surface area contributed by atoms with Crippen molar-refractivity contribution in [2.45, 2.75) is 40.0 Å². The van der Waals surface area contributed by atoms with Gasteiger partial charge in [-0.3, -0.25) is 4.79 Å². The predicted molar refractivity (Wildman–Crippen MR) is 88.4 cm³/mol. The Morgan fingerprint density at radius 2 is 1.95 bits per heavy atom. The highest BCUT2D eigenvalue weighted by molar-refractivity contribution is 5.92. The Kier molecular flexibility index (Phi) is 8.43. The normalized spacial score (nSPS) is 10.5. The standard InChI is InChI=1S/C16H28N4O2/c1-5-9-20(10-6-2)16-18-13(3)12-14(19-16)15(21)17-8-7-11-22-4/h12H,5-11H2,1-4H3,(H,17,21). The maximum absolute atomic E-state index is 12.2. The van der Waals surface area contributed by atoms with Gasteiger partial charge in [0, 0.05) is 39.0 Å². The van der Waals surface area contributed by atoms with E-state index in [1.807, 2.05) is 6.92 Å². The highest BCUT2D eigenvalue weighted by Gasteiger charge is 2.14. The number of rotatable bonds is 10. The molecule has 1 amide bonds. The van der Waals surface area contributed by atoms with Gasteiger partial charge < -0.3 is 15.0 Å². The highest BCUT2D eigenvalue weighted by Crippen LogP contribution is 2.11. The number of amides is 1. The number of nitrogens with zero attached hydrogens (tertiary/aromatic N) is 3. The molecule has 0 aliphatic rings. The van der Waals surface area contributed by atoms with Crippen molar-refractivity contribution in [3.8, 4) is 0 Å². The summed E-state index contributed by atoms with van der Waals surface area (Å²) in [5.41, 5.74) is 1.24. The van der Waals surface area contributed by atoms with Crippen molar-refractivity contribution in [2.75, 3.05) is 38.3 Å². The largest absolute Gasteiger partial charge is 0.385 e. The molecule has 0 saturated heterocycles. The van der Waals surface area contributed by atoms with Crippen LogP contribution in [0.15, 0.2) is 6.07 Å². The fourth-order valence-electron chi connectivity index (χ4n) is 2.17. The number of aryl methyl sites for hydroxylation is 1. The van der Waals surface area contributed by atoms with Crippen LogP contribution >= 0.6 is 0 Å². The number of hydrogen-bond acceptors (Lipinski definition) is 5.